The highest BCUT2D eigenvalue weighted by Gasteiger charge is 2.21. The van der Waals surface area contributed by atoms with Crippen molar-refractivity contribution in [2.45, 2.75) is 39.3 Å². The Bertz CT molecular complexity index is 565. The third-order valence-corrected chi connectivity index (χ3v) is 4.01. The molecule has 0 saturated heterocycles. The highest BCUT2D eigenvalue weighted by atomic mass is 16.5. The lowest BCUT2D eigenvalue weighted by Crippen LogP contribution is -2.33. The van der Waals surface area contributed by atoms with Gasteiger partial charge in [-0.25, -0.2) is 0 Å². The van der Waals surface area contributed by atoms with Crippen molar-refractivity contribution in [2.24, 2.45) is 0 Å². The molecule has 0 aliphatic rings. The van der Waals surface area contributed by atoms with Crippen LogP contribution in [0.3, 0.4) is 0 Å². The van der Waals surface area contributed by atoms with Gasteiger partial charge < -0.3 is 10.1 Å². The van der Waals surface area contributed by atoms with E-state index in [1.165, 1.54) is 16.7 Å². The Morgan fingerprint density at radius 2 is 1.71 bits per heavy atom. The fourth-order valence-electron chi connectivity index (χ4n) is 2.58. The summed E-state index contributed by atoms with van der Waals surface area (Å²) in [6.07, 6.45) is 1.06. The number of ether oxygens (including phenoxy) is 1. The molecule has 0 aromatic heterocycles. The van der Waals surface area contributed by atoms with Crippen molar-refractivity contribution in [3.8, 4) is 5.75 Å². The van der Waals surface area contributed by atoms with E-state index in [1.807, 2.05) is 13.1 Å². The minimum atomic E-state index is 0.111. The minimum Gasteiger partial charge on any atom is -0.488 e. The molecule has 0 amide bonds. The van der Waals surface area contributed by atoms with Crippen LogP contribution in [0.15, 0.2) is 48.5 Å². The van der Waals surface area contributed by atoms with E-state index in [1.54, 1.807) is 0 Å². The van der Waals surface area contributed by atoms with E-state index >= 15 is 0 Å². The van der Waals surface area contributed by atoms with Crippen LogP contribution in [0.25, 0.3) is 0 Å². The third kappa shape index (κ3) is 3.85. The lowest BCUT2D eigenvalue weighted by Gasteiger charge is -2.27. The van der Waals surface area contributed by atoms with Crippen molar-refractivity contribution in [1.82, 2.24) is 5.32 Å². The predicted octanol–water partition coefficient (Wildman–Crippen LogP) is 4.42. The zero-order chi connectivity index (χ0) is 15.2. The van der Waals surface area contributed by atoms with Crippen LogP contribution in [-0.2, 0) is 0 Å². The second-order valence-corrected chi connectivity index (χ2v) is 5.49. The molecule has 2 heteroatoms. The first-order chi connectivity index (χ1) is 10.2. The number of aryl methyl sites for hydroxylation is 2. The molecule has 0 fully saturated rings. The van der Waals surface area contributed by atoms with Gasteiger partial charge in [-0.05, 0) is 56.1 Å². The van der Waals surface area contributed by atoms with E-state index in [0.717, 1.165) is 12.2 Å². The first-order valence-corrected chi connectivity index (χ1v) is 7.61. The standard InChI is InChI=1S/C19H25NO/c1-5-18(19(20-4)16-9-7-6-8-10-16)21-17-12-11-14(2)15(3)13-17/h6-13,18-20H,5H2,1-4H3. The van der Waals surface area contributed by atoms with Crippen LogP contribution >= 0.6 is 0 Å². The molecule has 2 nitrogen and oxygen atoms in total. The maximum absolute atomic E-state index is 6.24. The van der Waals surface area contributed by atoms with Gasteiger partial charge >= 0.3 is 0 Å². The summed E-state index contributed by atoms with van der Waals surface area (Å²) in [5.41, 5.74) is 3.82. The molecule has 112 valence electrons. The van der Waals surface area contributed by atoms with Crippen LogP contribution in [0.5, 0.6) is 5.75 Å². The average molecular weight is 283 g/mol. The molecule has 2 aromatic rings. The zero-order valence-electron chi connectivity index (χ0n) is 13.4. The van der Waals surface area contributed by atoms with Crippen LogP contribution < -0.4 is 10.1 Å². The Morgan fingerprint density at radius 3 is 2.29 bits per heavy atom. The first-order valence-electron chi connectivity index (χ1n) is 7.61. The van der Waals surface area contributed by atoms with Gasteiger partial charge in [-0.15, -0.1) is 0 Å². The van der Waals surface area contributed by atoms with Gasteiger partial charge in [-0.3, -0.25) is 0 Å². The van der Waals surface area contributed by atoms with Crippen molar-refractivity contribution in [3.05, 3.63) is 65.2 Å². The summed E-state index contributed by atoms with van der Waals surface area (Å²) in [5.74, 6) is 0.945. The molecule has 0 aliphatic carbocycles. The fraction of sp³-hybridized carbons (Fsp3) is 0.368. The van der Waals surface area contributed by atoms with Crippen LogP contribution in [-0.4, -0.2) is 13.2 Å². The lowest BCUT2D eigenvalue weighted by molar-refractivity contribution is 0.152. The molecular weight excluding hydrogens is 258 g/mol. The highest BCUT2D eigenvalue weighted by Crippen LogP contribution is 2.25. The summed E-state index contributed by atoms with van der Waals surface area (Å²) in [5, 5.41) is 3.39. The summed E-state index contributed by atoms with van der Waals surface area (Å²) in [4.78, 5) is 0. The molecule has 2 unspecified atom stereocenters. The molecule has 2 atom stereocenters. The van der Waals surface area contributed by atoms with E-state index in [-0.39, 0.29) is 12.1 Å². The third-order valence-electron chi connectivity index (χ3n) is 4.01. The topological polar surface area (TPSA) is 21.3 Å². The zero-order valence-corrected chi connectivity index (χ0v) is 13.4. The van der Waals surface area contributed by atoms with Gasteiger partial charge in [-0.2, -0.15) is 0 Å². The number of hydrogen-bond acceptors (Lipinski definition) is 2. The normalized spacial score (nSPS) is 13.7. The van der Waals surface area contributed by atoms with E-state index in [2.05, 4.69) is 68.6 Å². The SMILES string of the molecule is CCC(Oc1ccc(C)c(C)c1)C(NC)c1ccccc1. The second kappa shape index (κ2) is 7.28. The maximum Gasteiger partial charge on any atom is 0.120 e. The van der Waals surface area contributed by atoms with Gasteiger partial charge in [0.1, 0.15) is 11.9 Å². The summed E-state index contributed by atoms with van der Waals surface area (Å²) >= 11 is 0. The fourth-order valence-corrected chi connectivity index (χ4v) is 2.58. The molecular formula is C19H25NO. The van der Waals surface area contributed by atoms with Gasteiger partial charge in [0.25, 0.3) is 0 Å². The van der Waals surface area contributed by atoms with Crippen LogP contribution in [0.4, 0.5) is 0 Å². The number of nitrogens with one attached hydrogen (secondary N) is 1. The smallest absolute Gasteiger partial charge is 0.120 e. The second-order valence-electron chi connectivity index (χ2n) is 5.49. The van der Waals surface area contributed by atoms with Gasteiger partial charge in [0.15, 0.2) is 0 Å². The van der Waals surface area contributed by atoms with Gasteiger partial charge in [0, 0.05) is 0 Å². The number of rotatable bonds is 6. The number of likely N-dealkylation sites (N-methyl/N-ethyl adjacent to an activating group) is 1. The van der Waals surface area contributed by atoms with Crippen molar-refractivity contribution >= 4 is 0 Å². The van der Waals surface area contributed by atoms with Crippen LogP contribution in [0.1, 0.15) is 36.1 Å². The van der Waals surface area contributed by atoms with Crippen LogP contribution in [0.2, 0.25) is 0 Å². The quantitative estimate of drug-likeness (QED) is 0.847. The molecule has 0 aliphatic heterocycles. The Balaban J connectivity index is 2.19. The molecule has 0 radical (unpaired) electrons. The molecule has 2 aromatic carbocycles. The summed E-state index contributed by atoms with van der Waals surface area (Å²) in [6, 6.07) is 17.0. The van der Waals surface area contributed by atoms with Crippen molar-refractivity contribution in [2.75, 3.05) is 7.05 Å². The van der Waals surface area contributed by atoms with Gasteiger partial charge in [0.2, 0.25) is 0 Å². The molecule has 0 spiro atoms. The molecule has 2 rings (SSSR count). The number of benzene rings is 2. The Morgan fingerprint density at radius 1 is 1.00 bits per heavy atom. The van der Waals surface area contributed by atoms with Crippen LogP contribution in [0, 0.1) is 13.8 Å². The summed E-state index contributed by atoms with van der Waals surface area (Å²) in [6.45, 7) is 6.41. The van der Waals surface area contributed by atoms with E-state index in [9.17, 15) is 0 Å². The monoisotopic (exact) mass is 283 g/mol. The Kier molecular flexibility index (Phi) is 5.40. The van der Waals surface area contributed by atoms with E-state index in [0.29, 0.717) is 0 Å². The predicted molar refractivity (Wildman–Crippen MR) is 88.9 cm³/mol. The summed E-state index contributed by atoms with van der Waals surface area (Å²) < 4.78 is 6.24. The highest BCUT2D eigenvalue weighted by molar-refractivity contribution is 5.34. The van der Waals surface area contributed by atoms with Gasteiger partial charge in [0.05, 0.1) is 6.04 Å². The average Bonchev–Trinajstić information content (AvgIpc) is 2.51. The van der Waals surface area contributed by atoms with Crippen molar-refractivity contribution < 1.29 is 4.74 Å². The van der Waals surface area contributed by atoms with Gasteiger partial charge in [-0.1, -0.05) is 43.3 Å². The maximum atomic E-state index is 6.24. The molecule has 1 N–H and O–H groups in total. The lowest BCUT2D eigenvalue weighted by atomic mass is 9.99. The minimum absolute atomic E-state index is 0.111. The summed E-state index contributed by atoms with van der Waals surface area (Å²) in [7, 11) is 1.99. The first kappa shape index (κ1) is 15.6. The van der Waals surface area contributed by atoms with Crippen molar-refractivity contribution in [1.29, 1.82) is 0 Å². The largest absolute Gasteiger partial charge is 0.488 e. The molecule has 0 saturated carbocycles. The van der Waals surface area contributed by atoms with Crippen molar-refractivity contribution in [3.63, 3.8) is 0 Å². The molecule has 21 heavy (non-hydrogen) atoms. The molecule has 0 bridgehead atoms. The Labute approximate surface area is 128 Å². The molecule has 0 heterocycles. The van der Waals surface area contributed by atoms with E-state index in [4.69, 9.17) is 4.74 Å². The Hall–Kier alpha value is -1.80. The number of hydrogen-bond donors (Lipinski definition) is 1. The van der Waals surface area contributed by atoms with E-state index < -0.39 is 0 Å².